The van der Waals surface area contributed by atoms with Gasteiger partial charge in [0.2, 0.25) is 0 Å². The average molecular weight is 346 g/mol. The molecule has 2 heterocycles. The molecule has 128 valence electrons. The van der Waals surface area contributed by atoms with Gasteiger partial charge in [-0.1, -0.05) is 0 Å². The highest BCUT2D eigenvalue weighted by Crippen LogP contribution is 2.35. The summed E-state index contributed by atoms with van der Waals surface area (Å²) in [5.74, 6) is -4.36. The van der Waals surface area contributed by atoms with Crippen LogP contribution in [0.5, 0.6) is 0 Å². The van der Waals surface area contributed by atoms with Crippen molar-refractivity contribution in [1.29, 1.82) is 0 Å². The van der Waals surface area contributed by atoms with E-state index in [2.05, 4.69) is 4.98 Å². The summed E-state index contributed by atoms with van der Waals surface area (Å²) in [5.41, 5.74) is 2.45. The zero-order valence-electron chi connectivity index (χ0n) is 13.0. The van der Waals surface area contributed by atoms with E-state index in [-0.39, 0.29) is 17.0 Å². The number of aromatic carboxylic acids is 1. The summed E-state index contributed by atoms with van der Waals surface area (Å²) in [7, 11) is 0. The molecule has 0 bridgehead atoms. The van der Waals surface area contributed by atoms with Crippen molar-refractivity contribution in [3.8, 4) is 0 Å². The molecule has 0 amide bonds. The quantitative estimate of drug-likeness (QED) is 0.720. The van der Waals surface area contributed by atoms with E-state index in [4.69, 9.17) is 5.11 Å². The van der Waals surface area contributed by atoms with Crippen LogP contribution in [0.2, 0.25) is 0 Å². The Bertz CT molecular complexity index is 1010. The van der Waals surface area contributed by atoms with Crippen molar-refractivity contribution < 1.29 is 23.1 Å². The molecule has 25 heavy (non-hydrogen) atoms. The van der Waals surface area contributed by atoms with E-state index in [0.29, 0.717) is 31.0 Å². The highest BCUT2D eigenvalue weighted by Gasteiger charge is 2.27. The highest BCUT2D eigenvalue weighted by atomic mass is 19.2. The monoisotopic (exact) mass is 346 g/mol. The predicted molar refractivity (Wildman–Crippen MR) is 83.2 cm³/mol. The fourth-order valence-electron chi connectivity index (χ4n) is 3.47. The van der Waals surface area contributed by atoms with Crippen LogP contribution in [0.3, 0.4) is 0 Å². The molecule has 0 radical (unpaired) electrons. The molecule has 1 aromatic carbocycles. The van der Waals surface area contributed by atoms with Crippen LogP contribution < -0.4 is 0 Å². The summed E-state index contributed by atoms with van der Waals surface area (Å²) >= 11 is 0. The predicted octanol–water partition coefficient (Wildman–Crippen LogP) is 3.72. The Morgan fingerprint density at radius 3 is 2.68 bits per heavy atom. The van der Waals surface area contributed by atoms with Gasteiger partial charge in [0.25, 0.3) is 0 Å². The fraction of sp³-hybridized carbons (Fsp3) is 0.222. The number of hydrogen-bond donors (Lipinski definition) is 1. The summed E-state index contributed by atoms with van der Waals surface area (Å²) in [6, 6.07) is 4.47. The number of halogens is 3. The maximum Gasteiger partial charge on any atom is 0.335 e. The second kappa shape index (κ2) is 5.61. The first-order chi connectivity index (χ1) is 11.9. The zero-order chi connectivity index (χ0) is 17.7. The number of benzene rings is 1. The highest BCUT2D eigenvalue weighted by molar-refractivity contribution is 5.88. The minimum atomic E-state index is -1.20. The number of aromatic nitrogens is 2. The molecule has 2 aromatic heterocycles. The molecule has 1 unspecified atom stereocenters. The molecule has 1 aliphatic rings. The number of fused-ring (bicyclic) bond motifs is 3. The normalized spacial score (nSPS) is 16.8. The Labute approximate surface area is 140 Å². The van der Waals surface area contributed by atoms with Crippen molar-refractivity contribution >= 4 is 11.6 Å². The Hall–Kier alpha value is -2.83. The van der Waals surface area contributed by atoms with E-state index in [9.17, 15) is 18.0 Å². The van der Waals surface area contributed by atoms with E-state index in [0.717, 1.165) is 17.5 Å². The van der Waals surface area contributed by atoms with Gasteiger partial charge in [-0.3, -0.25) is 0 Å². The molecule has 0 spiro atoms. The summed E-state index contributed by atoms with van der Waals surface area (Å²) in [6.45, 7) is 0. The van der Waals surface area contributed by atoms with Gasteiger partial charge in [-0.2, -0.15) is 0 Å². The van der Waals surface area contributed by atoms with Crippen LogP contribution in [0.15, 0.2) is 30.5 Å². The first-order valence-corrected chi connectivity index (χ1v) is 7.81. The molecular formula is C18H13F3N2O2. The molecule has 1 N–H and O–H groups in total. The number of aryl methyl sites for hydroxylation is 1. The third-order valence-corrected chi connectivity index (χ3v) is 4.70. The average Bonchev–Trinajstić information content (AvgIpc) is 2.94. The second-order valence-electron chi connectivity index (χ2n) is 6.18. The smallest absolute Gasteiger partial charge is 0.335 e. The molecule has 0 saturated heterocycles. The van der Waals surface area contributed by atoms with Gasteiger partial charge in [-0.05, 0) is 48.9 Å². The van der Waals surface area contributed by atoms with E-state index in [1.165, 1.54) is 12.1 Å². The number of carbonyl (C=O) groups is 1. The number of carboxylic acids is 1. The summed E-state index contributed by atoms with van der Waals surface area (Å²) in [5, 5.41) is 9.07. The Morgan fingerprint density at radius 1 is 1.16 bits per heavy atom. The Kier molecular flexibility index (Phi) is 3.52. The Balaban J connectivity index is 1.73. The molecule has 0 saturated carbocycles. The van der Waals surface area contributed by atoms with E-state index in [1.807, 2.05) is 4.40 Å². The molecule has 1 aliphatic carbocycles. The van der Waals surface area contributed by atoms with Crippen molar-refractivity contribution in [2.24, 2.45) is 0 Å². The maximum absolute atomic E-state index is 14.0. The van der Waals surface area contributed by atoms with Gasteiger partial charge in [0.1, 0.15) is 11.5 Å². The van der Waals surface area contributed by atoms with Crippen molar-refractivity contribution in [1.82, 2.24) is 9.38 Å². The van der Waals surface area contributed by atoms with Gasteiger partial charge in [0.05, 0.1) is 11.3 Å². The minimum Gasteiger partial charge on any atom is -0.478 e. The number of hydrogen-bond acceptors (Lipinski definition) is 2. The summed E-state index contributed by atoms with van der Waals surface area (Å²) < 4.78 is 42.5. The molecule has 4 rings (SSSR count). The topological polar surface area (TPSA) is 54.6 Å². The standard InChI is InChI=1S/C18H13F3N2O2/c19-12-8-14(21)13(20)7-11(12)9-1-2-16-15(5-9)22-17-6-10(18(24)25)3-4-23(16)17/h3-4,6-9H,1-2,5H2,(H,24,25). The molecule has 0 aliphatic heterocycles. The van der Waals surface area contributed by atoms with Gasteiger partial charge in [0, 0.05) is 18.0 Å². The third-order valence-electron chi connectivity index (χ3n) is 4.70. The van der Waals surface area contributed by atoms with Crippen molar-refractivity contribution in [2.45, 2.75) is 25.2 Å². The molecule has 7 heteroatoms. The van der Waals surface area contributed by atoms with E-state index in [1.54, 1.807) is 6.20 Å². The maximum atomic E-state index is 14.0. The van der Waals surface area contributed by atoms with Crippen LogP contribution in [0.25, 0.3) is 5.65 Å². The van der Waals surface area contributed by atoms with Crippen LogP contribution in [0.1, 0.15) is 39.6 Å². The van der Waals surface area contributed by atoms with Crippen molar-refractivity contribution in [3.05, 3.63) is 70.4 Å². The fourth-order valence-corrected chi connectivity index (χ4v) is 3.47. The number of rotatable bonds is 2. The number of imidazole rings is 1. The number of pyridine rings is 1. The summed E-state index contributed by atoms with van der Waals surface area (Å²) in [6.07, 6.45) is 3.21. The number of carboxylic acid groups (broad SMARTS) is 1. The first kappa shape index (κ1) is 15.7. The first-order valence-electron chi connectivity index (χ1n) is 7.81. The van der Waals surface area contributed by atoms with E-state index < -0.39 is 23.4 Å². The van der Waals surface area contributed by atoms with Crippen molar-refractivity contribution in [3.63, 3.8) is 0 Å². The van der Waals surface area contributed by atoms with Crippen LogP contribution in [0.4, 0.5) is 13.2 Å². The lowest BCUT2D eigenvalue weighted by molar-refractivity contribution is 0.0697. The minimum absolute atomic E-state index is 0.137. The van der Waals surface area contributed by atoms with Crippen LogP contribution in [-0.4, -0.2) is 20.5 Å². The molecule has 4 nitrogen and oxygen atoms in total. The molecule has 0 fully saturated rings. The van der Waals surface area contributed by atoms with Crippen LogP contribution in [0, 0.1) is 17.5 Å². The lowest BCUT2D eigenvalue weighted by Crippen LogP contribution is -2.15. The Morgan fingerprint density at radius 2 is 1.92 bits per heavy atom. The SMILES string of the molecule is O=C(O)c1ccn2c3c(nc2c1)CC(c1cc(F)c(F)cc1F)CC3. The molecule has 3 aromatic rings. The largest absolute Gasteiger partial charge is 0.478 e. The van der Waals surface area contributed by atoms with Crippen LogP contribution in [-0.2, 0) is 12.8 Å². The molecule has 1 atom stereocenters. The second-order valence-corrected chi connectivity index (χ2v) is 6.18. The zero-order valence-corrected chi connectivity index (χ0v) is 13.0. The van der Waals surface area contributed by atoms with E-state index >= 15 is 0 Å². The van der Waals surface area contributed by atoms with Gasteiger partial charge in [0.15, 0.2) is 11.6 Å². The van der Waals surface area contributed by atoms with Crippen molar-refractivity contribution in [2.75, 3.05) is 0 Å². The van der Waals surface area contributed by atoms with Gasteiger partial charge in [-0.25, -0.2) is 22.9 Å². The van der Waals surface area contributed by atoms with Gasteiger partial charge in [-0.15, -0.1) is 0 Å². The number of nitrogens with zero attached hydrogens (tertiary/aromatic N) is 2. The lowest BCUT2D eigenvalue weighted by atomic mass is 9.84. The summed E-state index contributed by atoms with van der Waals surface area (Å²) in [4.78, 5) is 15.5. The molecular weight excluding hydrogens is 333 g/mol. The third kappa shape index (κ3) is 2.56. The van der Waals surface area contributed by atoms with Gasteiger partial charge >= 0.3 is 5.97 Å². The lowest BCUT2D eigenvalue weighted by Gasteiger charge is -2.22. The van der Waals surface area contributed by atoms with Gasteiger partial charge < -0.3 is 9.51 Å². The van der Waals surface area contributed by atoms with Crippen LogP contribution >= 0.6 is 0 Å².